The van der Waals surface area contributed by atoms with E-state index in [1.807, 2.05) is 31.2 Å². The van der Waals surface area contributed by atoms with Crippen LogP contribution in [0.3, 0.4) is 0 Å². The van der Waals surface area contributed by atoms with E-state index >= 15 is 0 Å². The third kappa shape index (κ3) is 3.33. The summed E-state index contributed by atoms with van der Waals surface area (Å²) in [4.78, 5) is 24.4. The van der Waals surface area contributed by atoms with Gasteiger partial charge in [0.1, 0.15) is 5.54 Å². The first-order chi connectivity index (χ1) is 9.43. The number of carboxylic acid groups (broad SMARTS) is 1. The molecule has 2 N–H and O–H groups in total. The fourth-order valence-corrected chi connectivity index (χ4v) is 3.01. The molecule has 1 fully saturated rings. The number of carbonyl (C=O) groups is 2. The molecule has 1 aliphatic rings. The monoisotopic (exact) mass is 293 g/mol. The van der Waals surface area contributed by atoms with Gasteiger partial charge in [0.25, 0.3) is 0 Å². The Kier molecular flexibility index (Phi) is 4.38. The zero-order valence-corrected chi connectivity index (χ0v) is 12.5. The predicted molar refractivity (Wildman–Crippen MR) is 78.8 cm³/mol. The van der Waals surface area contributed by atoms with Gasteiger partial charge in [-0.3, -0.25) is 4.79 Å². The number of amides is 1. The van der Waals surface area contributed by atoms with E-state index < -0.39 is 11.5 Å². The Morgan fingerprint density at radius 3 is 2.60 bits per heavy atom. The summed E-state index contributed by atoms with van der Waals surface area (Å²) >= 11 is 1.43. The fraction of sp³-hybridized carbons (Fsp3) is 0.467. The van der Waals surface area contributed by atoms with Crippen LogP contribution in [0.4, 0.5) is 0 Å². The normalized spacial score (nSPS) is 17.3. The van der Waals surface area contributed by atoms with Gasteiger partial charge in [-0.05, 0) is 44.2 Å². The molecule has 2 rings (SSSR count). The van der Waals surface area contributed by atoms with Crippen LogP contribution >= 0.6 is 11.8 Å². The molecule has 0 aliphatic heterocycles. The Labute approximate surface area is 123 Å². The van der Waals surface area contributed by atoms with Gasteiger partial charge < -0.3 is 10.4 Å². The molecule has 1 aromatic rings. The number of thioether (sulfide) groups is 1. The van der Waals surface area contributed by atoms with Gasteiger partial charge in [-0.25, -0.2) is 4.79 Å². The highest BCUT2D eigenvalue weighted by molar-refractivity contribution is 8.00. The van der Waals surface area contributed by atoms with E-state index in [0.717, 1.165) is 23.3 Å². The Balaban J connectivity index is 1.92. The molecule has 0 bridgehead atoms. The smallest absolute Gasteiger partial charge is 0.329 e. The molecule has 0 spiro atoms. The maximum atomic E-state index is 12.0. The minimum absolute atomic E-state index is 0.0624. The van der Waals surface area contributed by atoms with Crippen molar-refractivity contribution in [2.75, 3.05) is 5.75 Å². The van der Waals surface area contributed by atoms with E-state index in [1.54, 1.807) is 6.92 Å². The first kappa shape index (κ1) is 14.9. The first-order valence-corrected chi connectivity index (χ1v) is 7.65. The zero-order chi connectivity index (χ0) is 14.8. The molecule has 0 heterocycles. The Morgan fingerprint density at radius 2 is 2.05 bits per heavy atom. The second-order valence-corrected chi connectivity index (χ2v) is 6.40. The van der Waals surface area contributed by atoms with Crippen LogP contribution in [0.5, 0.6) is 0 Å². The Morgan fingerprint density at radius 1 is 1.40 bits per heavy atom. The molecule has 1 atom stereocenters. The number of hydrogen-bond donors (Lipinski definition) is 2. The van der Waals surface area contributed by atoms with Crippen molar-refractivity contribution in [3.63, 3.8) is 0 Å². The second-order valence-electron chi connectivity index (χ2n) is 5.38. The van der Waals surface area contributed by atoms with Crippen molar-refractivity contribution in [1.82, 2.24) is 5.32 Å². The summed E-state index contributed by atoms with van der Waals surface area (Å²) in [5.74, 6) is -0.878. The maximum Gasteiger partial charge on any atom is 0.329 e. The van der Waals surface area contributed by atoms with E-state index in [1.165, 1.54) is 11.8 Å². The molecule has 1 unspecified atom stereocenters. The molecule has 0 saturated heterocycles. The van der Waals surface area contributed by atoms with E-state index in [9.17, 15) is 14.7 Å². The lowest BCUT2D eigenvalue weighted by Crippen LogP contribution is -2.54. The van der Waals surface area contributed by atoms with Gasteiger partial charge in [0.05, 0.1) is 5.75 Å². The van der Waals surface area contributed by atoms with Crippen molar-refractivity contribution < 1.29 is 14.7 Å². The highest BCUT2D eigenvalue weighted by Crippen LogP contribution is 2.39. The zero-order valence-electron chi connectivity index (χ0n) is 11.7. The topological polar surface area (TPSA) is 66.4 Å². The van der Waals surface area contributed by atoms with Crippen molar-refractivity contribution >= 4 is 23.6 Å². The molecule has 1 aliphatic carbocycles. The summed E-state index contributed by atoms with van der Waals surface area (Å²) in [7, 11) is 0. The number of rotatable bonds is 6. The molecule has 1 amide bonds. The maximum absolute atomic E-state index is 12.0. The lowest BCUT2D eigenvalue weighted by atomic mass is 9.96. The molecule has 20 heavy (non-hydrogen) atoms. The Hall–Kier alpha value is -1.49. The van der Waals surface area contributed by atoms with E-state index in [-0.39, 0.29) is 17.6 Å². The van der Waals surface area contributed by atoms with E-state index in [0.29, 0.717) is 0 Å². The summed E-state index contributed by atoms with van der Waals surface area (Å²) < 4.78 is 0. The highest BCUT2D eigenvalue weighted by Gasteiger charge is 2.48. The summed E-state index contributed by atoms with van der Waals surface area (Å²) in [5, 5.41) is 12.0. The van der Waals surface area contributed by atoms with Gasteiger partial charge >= 0.3 is 5.97 Å². The van der Waals surface area contributed by atoms with Gasteiger partial charge in [-0.15, -0.1) is 11.8 Å². The molecule has 1 aromatic carbocycles. The van der Waals surface area contributed by atoms with Gasteiger partial charge in [0.15, 0.2) is 0 Å². The van der Waals surface area contributed by atoms with Crippen molar-refractivity contribution in [3.05, 3.63) is 29.8 Å². The quantitative estimate of drug-likeness (QED) is 0.791. The highest BCUT2D eigenvalue weighted by atomic mass is 32.2. The molecule has 0 aromatic heterocycles. The molecule has 0 radical (unpaired) electrons. The molecular weight excluding hydrogens is 274 g/mol. The van der Waals surface area contributed by atoms with Gasteiger partial charge in [-0.1, -0.05) is 18.2 Å². The lowest BCUT2D eigenvalue weighted by Gasteiger charge is -2.26. The van der Waals surface area contributed by atoms with Crippen molar-refractivity contribution in [1.29, 1.82) is 0 Å². The number of nitrogens with one attached hydrogen (secondary N) is 1. The lowest BCUT2D eigenvalue weighted by molar-refractivity contribution is -0.147. The van der Waals surface area contributed by atoms with Gasteiger partial charge in [0, 0.05) is 4.90 Å². The summed E-state index contributed by atoms with van der Waals surface area (Å²) in [6, 6.07) is 7.84. The number of carboxylic acids is 1. The van der Waals surface area contributed by atoms with Crippen molar-refractivity contribution in [2.45, 2.75) is 37.1 Å². The fourth-order valence-electron chi connectivity index (χ4n) is 2.18. The largest absolute Gasteiger partial charge is 0.480 e. The average molecular weight is 293 g/mol. The standard InChI is InChI=1S/C15H19NO3S/c1-10-5-3-4-6-12(10)20-9-13(17)16-15(2,14(18)19)11-7-8-11/h3-6,11H,7-9H2,1-2H3,(H,16,17)(H,18,19). The van der Waals surface area contributed by atoms with Crippen LogP contribution in [0.2, 0.25) is 0 Å². The number of hydrogen-bond acceptors (Lipinski definition) is 3. The second kappa shape index (κ2) is 5.87. The van der Waals surface area contributed by atoms with Crippen molar-refractivity contribution in [2.24, 2.45) is 5.92 Å². The van der Waals surface area contributed by atoms with Crippen LogP contribution in [0.25, 0.3) is 0 Å². The van der Waals surface area contributed by atoms with Crippen LogP contribution in [0.15, 0.2) is 29.2 Å². The molecule has 4 nitrogen and oxygen atoms in total. The van der Waals surface area contributed by atoms with Gasteiger partial charge in [0.2, 0.25) is 5.91 Å². The average Bonchev–Trinajstić information content (AvgIpc) is 3.22. The molecule has 5 heteroatoms. The molecular formula is C15H19NO3S. The number of aryl methyl sites for hydroxylation is 1. The third-order valence-corrected chi connectivity index (χ3v) is 4.87. The van der Waals surface area contributed by atoms with Crippen LogP contribution in [0, 0.1) is 12.8 Å². The van der Waals surface area contributed by atoms with E-state index in [2.05, 4.69) is 5.32 Å². The van der Waals surface area contributed by atoms with Crippen LogP contribution in [0.1, 0.15) is 25.3 Å². The predicted octanol–water partition coefficient (Wildman–Crippen LogP) is 2.46. The summed E-state index contributed by atoms with van der Waals surface area (Å²) in [5.41, 5.74) is -0.00268. The van der Waals surface area contributed by atoms with Gasteiger partial charge in [-0.2, -0.15) is 0 Å². The van der Waals surface area contributed by atoms with E-state index in [4.69, 9.17) is 0 Å². The third-order valence-electron chi connectivity index (χ3n) is 3.69. The van der Waals surface area contributed by atoms with Crippen molar-refractivity contribution in [3.8, 4) is 0 Å². The minimum atomic E-state index is -1.12. The SMILES string of the molecule is Cc1ccccc1SCC(=O)NC(C)(C(=O)O)C1CC1. The first-order valence-electron chi connectivity index (χ1n) is 6.66. The number of benzene rings is 1. The van der Waals surface area contributed by atoms with Crippen LogP contribution in [-0.2, 0) is 9.59 Å². The molecule has 1 saturated carbocycles. The van der Waals surface area contributed by atoms with Crippen LogP contribution in [-0.4, -0.2) is 28.3 Å². The molecule has 108 valence electrons. The van der Waals surface area contributed by atoms with Crippen LogP contribution < -0.4 is 5.32 Å². The minimum Gasteiger partial charge on any atom is -0.480 e. The number of aliphatic carboxylic acids is 1. The number of carbonyl (C=O) groups excluding carboxylic acids is 1. The summed E-state index contributed by atoms with van der Waals surface area (Å²) in [6.07, 6.45) is 1.74. The Bertz CT molecular complexity index is 528. The summed E-state index contributed by atoms with van der Waals surface area (Å²) in [6.45, 7) is 3.59.